The van der Waals surface area contributed by atoms with Gasteiger partial charge in [-0.2, -0.15) is 0 Å². The Morgan fingerprint density at radius 2 is 1.84 bits per heavy atom. The summed E-state index contributed by atoms with van der Waals surface area (Å²) < 4.78 is 19.3. The molecule has 1 aromatic rings. The zero-order valence-electron chi connectivity index (χ0n) is 12.2. The number of hydrogen-bond acceptors (Lipinski definition) is 2. The van der Waals surface area contributed by atoms with Crippen LogP contribution in [0.2, 0.25) is 0 Å². The molecule has 0 aromatic heterocycles. The SMILES string of the molecule is CO[C@](C)(CNC(=O)C(C)(C)C)c1ccccc1F. The average molecular weight is 267 g/mol. The third kappa shape index (κ3) is 3.77. The van der Waals surface area contributed by atoms with E-state index in [9.17, 15) is 9.18 Å². The summed E-state index contributed by atoms with van der Waals surface area (Å²) in [6.07, 6.45) is 0. The maximum Gasteiger partial charge on any atom is 0.225 e. The standard InChI is InChI=1S/C15H22FNO2/c1-14(2,3)13(18)17-10-15(4,19-5)11-8-6-7-9-12(11)16/h6-9H,10H2,1-5H3,(H,17,18)/t15-/m1/s1. The summed E-state index contributed by atoms with van der Waals surface area (Å²) >= 11 is 0. The number of carbonyl (C=O) groups is 1. The van der Waals surface area contributed by atoms with Gasteiger partial charge in [0.05, 0.1) is 6.54 Å². The minimum atomic E-state index is -0.883. The first-order valence-corrected chi connectivity index (χ1v) is 6.29. The largest absolute Gasteiger partial charge is 0.372 e. The third-order valence-corrected chi connectivity index (χ3v) is 3.16. The third-order valence-electron chi connectivity index (χ3n) is 3.16. The van der Waals surface area contributed by atoms with E-state index in [0.717, 1.165) is 0 Å². The van der Waals surface area contributed by atoms with Gasteiger partial charge in [0.1, 0.15) is 11.4 Å². The van der Waals surface area contributed by atoms with Crippen LogP contribution in [0.15, 0.2) is 24.3 Å². The van der Waals surface area contributed by atoms with Gasteiger partial charge in [-0.3, -0.25) is 4.79 Å². The van der Waals surface area contributed by atoms with Gasteiger partial charge in [-0.15, -0.1) is 0 Å². The van der Waals surface area contributed by atoms with E-state index in [4.69, 9.17) is 4.74 Å². The normalized spacial score (nSPS) is 14.8. The predicted octanol–water partition coefficient (Wildman–Crippen LogP) is 2.85. The van der Waals surface area contributed by atoms with Gasteiger partial charge >= 0.3 is 0 Å². The van der Waals surface area contributed by atoms with Crippen molar-refractivity contribution in [3.8, 4) is 0 Å². The Labute approximate surface area is 114 Å². The van der Waals surface area contributed by atoms with Crippen LogP contribution in [0.5, 0.6) is 0 Å². The molecule has 0 aliphatic rings. The molecule has 0 unspecified atom stereocenters. The molecule has 0 radical (unpaired) electrons. The van der Waals surface area contributed by atoms with E-state index in [1.165, 1.54) is 13.2 Å². The van der Waals surface area contributed by atoms with E-state index in [1.807, 2.05) is 20.8 Å². The topological polar surface area (TPSA) is 38.3 Å². The van der Waals surface area contributed by atoms with Gasteiger partial charge in [0.15, 0.2) is 0 Å². The summed E-state index contributed by atoms with van der Waals surface area (Å²) in [5.41, 5.74) is -0.928. The lowest BCUT2D eigenvalue weighted by Crippen LogP contribution is -2.44. The van der Waals surface area contributed by atoms with E-state index < -0.39 is 11.0 Å². The number of amides is 1. The zero-order chi connectivity index (χ0) is 14.7. The molecule has 0 heterocycles. The molecule has 1 aromatic carbocycles. The number of methoxy groups -OCH3 is 1. The summed E-state index contributed by atoms with van der Waals surface area (Å²) in [5, 5.41) is 2.81. The molecule has 0 spiro atoms. The lowest BCUT2D eigenvalue weighted by molar-refractivity contribution is -0.130. The van der Waals surface area contributed by atoms with Crippen LogP contribution >= 0.6 is 0 Å². The van der Waals surface area contributed by atoms with E-state index in [-0.39, 0.29) is 18.3 Å². The Kier molecular flexibility index (Phi) is 4.69. The molecular formula is C15H22FNO2. The van der Waals surface area contributed by atoms with Crippen molar-refractivity contribution in [1.29, 1.82) is 0 Å². The van der Waals surface area contributed by atoms with Gasteiger partial charge in [-0.25, -0.2) is 4.39 Å². The molecule has 106 valence electrons. The lowest BCUT2D eigenvalue weighted by Gasteiger charge is -2.30. The van der Waals surface area contributed by atoms with Crippen LogP contribution in [0, 0.1) is 11.2 Å². The monoisotopic (exact) mass is 267 g/mol. The molecule has 4 heteroatoms. The fraction of sp³-hybridized carbons (Fsp3) is 0.533. The van der Waals surface area contributed by atoms with Crippen molar-refractivity contribution in [2.75, 3.05) is 13.7 Å². The van der Waals surface area contributed by atoms with E-state index in [1.54, 1.807) is 25.1 Å². The van der Waals surface area contributed by atoms with Crippen molar-refractivity contribution in [3.05, 3.63) is 35.6 Å². The highest BCUT2D eigenvalue weighted by Gasteiger charge is 2.31. The minimum Gasteiger partial charge on any atom is -0.372 e. The fourth-order valence-electron chi connectivity index (χ4n) is 1.68. The summed E-state index contributed by atoms with van der Waals surface area (Å²) in [6, 6.07) is 6.43. The molecule has 0 saturated carbocycles. The molecule has 0 fully saturated rings. The second-order valence-corrected chi connectivity index (χ2v) is 5.85. The average Bonchev–Trinajstić information content (AvgIpc) is 2.35. The Hall–Kier alpha value is -1.42. The first-order chi connectivity index (χ1) is 8.70. The smallest absolute Gasteiger partial charge is 0.225 e. The predicted molar refractivity (Wildman–Crippen MR) is 73.2 cm³/mol. The van der Waals surface area contributed by atoms with Crippen LogP contribution < -0.4 is 5.32 Å². The van der Waals surface area contributed by atoms with E-state index in [2.05, 4.69) is 5.32 Å². The summed E-state index contributed by atoms with van der Waals surface area (Å²) in [4.78, 5) is 11.9. The molecule has 0 bridgehead atoms. The minimum absolute atomic E-state index is 0.0906. The van der Waals surface area contributed by atoms with E-state index in [0.29, 0.717) is 5.56 Å². The van der Waals surface area contributed by atoms with Gasteiger partial charge in [0, 0.05) is 18.1 Å². The molecule has 1 atom stereocenters. The number of halogens is 1. The molecule has 0 saturated heterocycles. The Morgan fingerprint density at radius 3 is 2.32 bits per heavy atom. The van der Waals surface area contributed by atoms with Crippen LogP contribution in [0.25, 0.3) is 0 Å². The molecule has 0 aliphatic heterocycles. The first kappa shape index (κ1) is 15.6. The maximum atomic E-state index is 13.8. The highest BCUT2D eigenvalue weighted by atomic mass is 19.1. The van der Waals surface area contributed by atoms with Crippen LogP contribution in [-0.4, -0.2) is 19.6 Å². The lowest BCUT2D eigenvalue weighted by atomic mass is 9.92. The van der Waals surface area contributed by atoms with Crippen LogP contribution in [0.4, 0.5) is 4.39 Å². The number of hydrogen-bond donors (Lipinski definition) is 1. The van der Waals surface area contributed by atoms with Gasteiger partial charge < -0.3 is 10.1 Å². The molecule has 0 aliphatic carbocycles. The van der Waals surface area contributed by atoms with Gasteiger partial charge in [0.2, 0.25) is 5.91 Å². The quantitative estimate of drug-likeness (QED) is 0.911. The zero-order valence-corrected chi connectivity index (χ0v) is 12.2. The number of benzene rings is 1. The number of nitrogens with one attached hydrogen (secondary N) is 1. The number of carbonyl (C=O) groups excluding carboxylic acids is 1. The van der Waals surface area contributed by atoms with Gasteiger partial charge in [0.25, 0.3) is 0 Å². The van der Waals surface area contributed by atoms with Crippen molar-refractivity contribution >= 4 is 5.91 Å². The second-order valence-electron chi connectivity index (χ2n) is 5.85. The number of rotatable bonds is 4. The number of ether oxygens (including phenoxy) is 1. The first-order valence-electron chi connectivity index (χ1n) is 6.29. The summed E-state index contributed by atoms with van der Waals surface area (Å²) in [6.45, 7) is 7.47. The molecule has 19 heavy (non-hydrogen) atoms. The molecule has 1 N–H and O–H groups in total. The van der Waals surface area contributed by atoms with Crippen molar-refractivity contribution in [3.63, 3.8) is 0 Å². The van der Waals surface area contributed by atoms with Crippen molar-refractivity contribution in [2.45, 2.75) is 33.3 Å². The highest BCUT2D eigenvalue weighted by Crippen LogP contribution is 2.26. The fourth-order valence-corrected chi connectivity index (χ4v) is 1.68. The van der Waals surface area contributed by atoms with Gasteiger partial charge in [-0.05, 0) is 13.0 Å². The molecule has 3 nitrogen and oxygen atoms in total. The maximum absolute atomic E-state index is 13.8. The molecule has 1 amide bonds. The van der Waals surface area contributed by atoms with Crippen LogP contribution in [0.1, 0.15) is 33.3 Å². The van der Waals surface area contributed by atoms with Gasteiger partial charge in [-0.1, -0.05) is 39.0 Å². The van der Waals surface area contributed by atoms with E-state index >= 15 is 0 Å². The summed E-state index contributed by atoms with van der Waals surface area (Å²) in [5.74, 6) is -0.427. The van der Waals surface area contributed by atoms with Crippen LogP contribution in [-0.2, 0) is 15.1 Å². The van der Waals surface area contributed by atoms with Crippen molar-refractivity contribution < 1.29 is 13.9 Å². The van der Waals surface area contributed by atoms with Crippen molar-refractivity contribution in [2.24, 2.45) is 5.41 Å². The van der Waals surface area contributed by atoms with Crippen LogP contribution in [0.3, 0.4) is 0 Å². The summed E-state index contributed by atoms with van der Waals surface area (Å²) in [7, 11) is 1.51. The Balaban J connectivity index is 2.88. The second kappa shape index (κ2) is 5.70. The highest BCUT2D eigenvalue weighted by molar-refractivity contribution is 5.81. The van der Waals surface area contributed by atoms with Crippen molar-refractivity contribution in [1.82, 2.24) is 5.32 Å². The molecule has 1 rings (SSSR count). The Bertz CT molecular complexity index is 454. The Morgan fingerprint density at radius 1 is 1.26 bits per heavy atom. The molecular weight excluding hydrogens is 245 g/mol.